The quantitative estimate of drug-likeness (QED) is 0.773. The number of hydrogen-bond donors (Lipinski definition) is 0. The normalized spacial score (nSPS) is 25.9. The van der Waals surface area contributed by atoms with Gasteiger partial charge in [-0.05, 0) is 5.92 Å². The average molecular weight is 273 g/mol. The summed E-state index contributed by atoms with van der Waals surface area (Å²) in [6.45, 7) is 3.70. The first kappa shape index (κ1) is 10.7. The third-order valence-electron chi connectivity index (χ3n) is 2.83. The summed E-state index contributed by atoms with van der Waals surface area (Å²) in [4.78, 5) is 14.1. The van der Waals surface area contributed by atoms with Crippen LogP contribution < -0.4 is 0 Å². The van der Waals surface area contributed by atoms with E-state index in [-0.39, 0.29) is 5.91 Å². The molecule has 2 atom stereocenters. The van der Waals surface area contributed by atoms with Gasteiger partial charge in [-0.15, -0.1) is 0 Å². The van der Waals surface area contributed by atoms with Crippen molar-refractivity contribution in [2.45, 2.75) is 18.2 Å². The summed E-state index contributed by atoms with van der Waals surface area (Å²) in [5.74, 6) is 0.505. The van der Waals surface area contributed by atoms with Crippen LogP contribution in [0.4, 0.5) is 0 Å². The number of hydrogen-bond acceptors (Lipinski definition) is 3. The molecule has 2 unspecified atom stereocenters. The van der Waals surface area contributed by atoms with Gasteiger partial charge in [0.15, 0.2) is 5.69 Å². The molecule has 1 fully saturated rings. The highest BCUT2D eigenvalue weighted by atomic mass is 79.9. The van der Waals surface area contributed by atoms with Crippen LogP contribution in [0.25, 0.3) is 0 Å². The van der Waals surface area contributed by atoms with Crippen molar-refractivity contribution < 1.29 is 9.32 Å². The zero-order chi connectivity index (χ0) is 10.8. The van der Waals surface area contributed by atoms with Crippen LogP contribution in [0.15, 0.2) is 16.9 Å². The molecule has 0 saturated carbocycles. The van der Waals surface area contributed by atoms with E-state index in [2.05, 4.69) is 32.5 Å². The highest BCUT2D eigenvalue weighted by Crippen LogP contribution is 2.26. The topological polar surface area (TPSA) is 46.3 Å². The first-order chi connectivity index (χ1) is 7.22. The van der Waals surface area contributed by atoms with Gasteiger partial charge < -0.3 is 9.42 Å². The zero-order valence-electron chi connectivity index (χ0n) is 8.52. The Balaban J connectivity index is 2.05. The molecule has 1 saturated heterocycles. The lowest BCUT2D eigenvalue weighted by Crippen LogP contribution is -2.29. The fourth-order valence-corrected chi connectivity index (χ4v) is 2.76. The van der Waals surface area contributed by atoms with Gasteiger partial charge in [-0.1, -0.05) is 34.4 Å². The summed E-state index contributed by atoms with van der Waals surface area (Å²) < 4.78 is 4.67. The van der Waals surface area contributed by atoms with Crippen LogP contribution >= 0.6 is 15.9 Å². The smallest absolute Gasteiger partial charge is 0.276 e. The number of rotatable bonds is 2. The number of nitrogens with zero attached hydrogens (tertiary/aromatic N) is 2. The van der Waals surface area contributed by atoms with E-state index in [0.717, 1.165) is 19.5 Å². The molecular weight excluding hydrogens is 260 g/mol. The van der Waals surface area contributed by atoms with Gasteiger partial charge >= 0.3 is 0 Å². The minimum atomic E-state index is -0.0378. The number of carbonyl (C=O) groups is 1. The summed E-state index contributed by atoms with van der Waals surface area (Å²) >= 11 is 3.60. The highest BCUT2D eigenvalue weighted by molar-refractivity contribution is 9.09. The molecule has 0 N–H and O–H groups in total. The average Bonchev–Trinajstić information content (AvgIpc) is 2.85. The van der Waals surface area contributed by atoms with Gasteiger partial charge in [0.2, 0.25) is 0 Å². The molecule has 0 spiro atoms. The van der Waals surface area contributed by atoms with E-state index in [4.69, 9.17) is 0 Å². The first-order valence-electron chi connectivity index (χ1n) is 5.06. The number of amides is 1. The maximum atomic E-state index is 11.9. The molecule has 2 rings (SSSR count). The standard InChI is InChI=1S/C10H13BrN2O2/c1-2-7-5-13(6-8(7)11)10(14)9-3-4-15-12-9/h3-4,7-8H,2,5-6H2,1H3. The molecule has 15 heavy (non-hydrogen) atoms. The van der Waals surface area contributed by atoms with Crippen LogP contribution in [0.2, 0.25) is 0 Å². The number of likely N-dealkylation sites (tertiary alicyclic amines) is 1. The Morgan fingerprint density at radius 1 is 1.73 bits per heavy atom. The summed E-state index contributed by atoms with van der Waals surface area (Å²) in [7, 11) is 0. The van der Waals surface area contributed by atoms with E-state index in [1.165, 1.54) is 6.26 Å². The third kappa shape index (κ3) is 2.07. The Labute approximate surface area is 96.7 Å². The van der Waals surface area contributed by atoms with Crippen LogP contribution in [-0.4, -0.2) is 33.9 Å². The molecular formula is C10H13BrN2O2. The minimum absolute atomic E-state index is 0.0378. The lowest BCUT2D eigenvalue weighted by atomic mass is 10.1. The van der Waals surface area contributed by atoms with Crippen LogP contribution in [0.1, 0.15) is 23.8 Å². The molecule has 1 amide bonds. The van der Waals surface area contributed by atoms with Gasteiger partial charge in [-0.25, -0.2) is 0 Å². The van der Waals surface area contributed by atoms with E-state index in [1.54, 1.807) is 6.07 Å². The SMILES string of the molecule is CCC1CN(C(=O)c2ccon2)CC1Br. The molecule has 4 nitrogen and oxygen atoms in total. The fraction of sp³-hybridized carbons (Fsp3) is 0.600. The molecule has 1 aromatic heterocycles. The molecule has 1 aliphatic heterocycles. The van der Waals surface area contributed by atoms with E-state index in [9.17, 15) is 4.79 Å². The lowest BCUT2D eigenvalue weighted by molar-refractivity contribution is 0.0777. The molecule has 1 aliphatic rings. The van der Waals surface area contributed by atoms with Crippen molar-refractivity contribution in [3.63, 3.8) is 0 Å². The van der Waals surface area contributed by atoms with Crippen molar-refractivity contribution in [3.8, 4) is 0 Å². The predicted molar refractivity (Wildman–Crippen MR) is 58.9 cm³/mol. The second-order valence-electron chi connectivity index (χ2n) is 3.78. The van der Waals surface area contributed by atoms with Crippen molar-refractivity contribution in [1.29, 1.82) is 0 Å². The number of alkyl halides is 1. The zero-order valence-corrected chi connectivity index (χ0v) is 10.1. The van der Waals surface area contributed by atoms with E-state index in [0.29, 0.717) is 16.4 Å². The molecule has 0 bridgehead atoms. The second kappa shape index (κ2) is 4.35. The minimum Gasteiger partial charge on any atom is -0.364 e. The van der Waals surface area contributed by atoms with Crippen LogP contribution in [0.3, 0.4) is 0 Å². The number of halogens is 1. The molecule has 0 aliphatic carbocycles. The van der Waals surface area contributed by atoms with Gasteiger partial charge in [0, 0.05) is 24.0 Å². The van der Waals surface area contributed by atoms with E-state index >= 15 is 0 Å². The monoisotopic (exact) mass is 272 g/mol. The van der Waals surface area contributed by atoms with Crippen molar-refractivity contribution in [2.24, 2.45) is 5.92 Å². The van der Waals surface area contributed by atoms with Gasteiger partial charge in [0.1, 0.15) is 6.26 Å². The molecule has 2 heterocycles. The predicted octanol–water partition coefficient (Wildman–Crippen LogP) is 1.92. The summed E-state index contributed by atoms with van der Waals surface area (Å²) in [6.07, 6.45) is 2.50. The Hall–Kier alpha value is -0.840. The number of aromatic nitrogens is 1. The summed E-state index contributed by atoms with van der Waals surface area (Å²) in [5, 5.41) is 3.66. The van der Waals surface area contributed by atoms with Crippen molar-refractivity contribution in [2.75, 3.05) is 13.1 Å². The molecule has 82 valence electrons. The maximum absolute atomic E-state index is 11.9. The molecule has 1 aromatic rings. The maximum Gasteiger partial charge on any atom is 0.276 e. The Bertz CT molecular complexity index is 339. The molecule has 0 radical (unpaired) electrons. The van der Waals surface area contributed by atoms with Crippen LogP contribution in [0.5, 0.6) is 0 Å². The molecule has 0 aromatic carbocycles. The fourth-order valence-electron chi connectivity index (χ4n) is 1.87. The lowest BCUT2D eigenvalue weighted by Gasteiger charge is -2.13. The molecule has 5 heteroatoms. The Morgan fingerprint density at radius 3 is 3.07 bits per heavy atom. The third-order valence-corrected chi connectivity index (χ3v) is 3.87. The van der Waals surface area contributed by atoms with Crippen LogP contribution in [0, 0.1) is 5.92 Å². The van der Waals surface area contributed by atoms with Crippen molar-refractivity contribution in [3.05, 3.63) is 18.0 Å². The van der Waals surface area contributed by atoms with E-state index < -0.39 is 0 Å². The first-order valence-corrected chi connectivity index (χ1v) is 5.97. The van der Waals surface area contributed by atoms with Gasteiger partial charge in [0.25, 0.3) is 5.91 Å². The largest absolute Gasteiger partial charge is 0.364 e. The van der Waals surface area contributed by atoms with Gasteiger partial charge in [-0.2, -0.15) is 0 Å². The Kier molecular flexibility index (Phi) is 3.09. The highest BCUT2D eigenvalue weighted by Gasteiger charge is 2.33. The summed E-state index contributed by atoms with van der Waals surface area (Å²) in [6, 6.07) is 1.60. The van der Waals surface area contributed by atoms with E-state index in [1.807, 2.05) is 4.90 Å². The van der Waals surface area contributed by atoms with Crippen molar-refractivity contribution >= 4 is 21.8 Å². The van der Waals surface area contributed by atoms with Gasteiger partial charge in [-0.3, -0.25) is 4.79 Å². The second-order valence-corrected chi connectivity index (χ2v) is 4.96. The number of carbonyl (C=O) groups excluding carboxylic acids is 1. The summed E-state index contributed by atoms with van der Waals surface area (Å²) in [5.41, 5.74) is 0.395. The van der Waals surface area contributed by atoms with Crippen LogP contribution in [-0.2, 0) is 0 Å². The Morgan fingerprint density at radius 2 is 2.53 bits per heavy atom. The van der Waals surface area contributed by atoms with Crippen molar-refractivity contribution in [1.82, 2.24) is 10.1 Å². The van der Waals surface area contributed by atoms with Gasteiger partial charge in [0.05, 0.1) is 0 Å².